The number of nitrogens with two attached hydrogens (primary N) is 1. The van der Waals surface area contributed by atoms with Gasteiger partial charge in [0.05, 0.1) is 5.02 Å². The smallest absolute Gasteiger partial charge is 0.139 e. The number of aromatic nitrogens is 2. The first kappa shape index (κ1) is 12.5. The van der Waals surface area contributed by atoms with E-state index in [9.17, 15) is 0 Å². The molecule has 19 heavy (non-hydrogen) atoms. The predicted molar refractivity (Wildman–Crippen MR) is 82.5 cm³/mol. The molecule has 0 saturated carbocycles. The molecule has 3 rings (SSSR count). The Balaban J connectivity index is 2.28. The molecule has 2 heterocycles. The Labute approximate surface area is 124 Å². The van der Waals surface area contributed by atoms with E-state index in [-0.39, 0.29) is 0 Å². The SMILES string of the molecule is Cc1cccc2nc(-c3ccc(Br)c(Cl)c3)c(N)n12. The zero-order chi connectivity index (χ0) is 13.6. The molecule has 0 unspecified atom stereocenters. The first-order chi connectivity index (χ1) is 9.08. The summed E-state index contributed by atoms with van der Waals surface area (Å²) in [6.45, 7) is 2.00. The summed E-state index contributed by atoms with van der Waals surface area (Å²) in [4.78, 5) is 4.58. The molecular weight excluding hydrogens is 326 g/mol. The standard InChI is InChI=1S/C14H11BrClN3/c1-8-3-2-4-12-18-13(14(17)19(8)12)9-5-6-10(15)11(16)7-9/h2-7H,17H2,1H3. The molecule has 1 aromatic carbocycles. The summed E-state index contributed by atoms with van der Waals surface area (Å²) in [6, 6.07) is 11.6. The Morgan fingerprint density at radius 3 is 2.74 bits per heavy atom. The van der Waals surface area contributed by atoms with Gasteiger partial charge >= 0.3 is 0 Å². The number of rotatable bonds is 1. The minimum Gasteiger partial charge on any atom is -0.383 e. The second-order valence-corrected chi connectivity index (χ2v) is 5.60. The van der Waals surface area contributed by atoms with Crippen LogP contribution in [0.2, 0.25) is 5.02 Å². The van der Waals surface area contributed by atoms with Crippen molar-refractivity contribution in [1.29, 1.82) is 0 Å². The highest BCUT2D eigenvalue weighted by molar-refractivity contribution is 9.10. The zero-order valence-electron chi connectivity index (χ0n) is 10.2. The van der Waals surface area contributed by atoms with E-state index in [1.165, 1.54) is 0 Å². The molecule has 0 aliphatic heterocycles. The first-order valence-electron chi connectivity index (χ1n) is 5.77. The van der Waals surface area contributed by atoms with Crippen molar-refractivity contribution >= 4 is 39.0 Å². The fourth-order valence-corrected chi connectivity index (χ4v) is 2.56. The number of hydrogen-bond donors (Lipinski definition) is 1. The second-order valence-electron chi connectivity index (χ2n) is 4.34. The summed E-state index contributed by atoms with van der Waals surface area (Å²) in [5.41, 5.74) is 9.76. The van der Waals surface area contributed by atoms with Gasteiger partial charge in [0.25, 0.3) is 0 Å². The zero-order valence-corrected chi connectivity index (χ0v) is 12.5. The fraction of sp³-hybridized carbons (Fsp3) is 0.0714. The van der Waals surface area contributed by atoms with Crippen molar-refractivity contribution in [3.8, 4) is 11.3 Å². The summed E-state index contributed by atoms with van der Waals surface area (Å²) in [6.07, 6.45) is 0. The Hall–Kier alpha value is -1.52. The quantitative estimate of drug-likeness (QED) is 0.719. The van der Waals surface area contributed by atoms with Gasteiger partial charge in [0.15, 0.2) is 0 Å². The highest BCUT2D eigenvalue weighted by atomic mass is 79.9. The number of halogens is 2. The number of aryl methyl sites for hydroxylation is 1. The van der Waals surface area contributed by atoms with Crippen molar-refractivity contribution in [2.45, 2.75) is 6.92 Å². The molecule has 2 N–H and O–H groups in total. The van der Waals surface area contributed by atoms with Crippen LogP contribution in [-0.4, -0.2) is 9.38 Å². The van der Waals surface area contributed by atoms with Gasteiger partial charge in [-0.15, -0.1) is 0 Å². The molecule has 0 amide bonds. The molecule has 0 aliphatic rings. The van der Waals surface area contributed by atoms with Gasteiger partial charge < -0.3 is 5.73 Å². The number of pyridine rings is 1. The van der Waals surface area contributed by atoms with E-state index in [2.05, 4.69) is 20.9 Å². The molecule has 0 aliphatic carbocycles. The van der Waals surface area contributed by atoms with Gasteiger partial charge in [0, 0.05) is 15.7 Å². The highest BCUT2D eigenvalue weighted by Gasteiger charge is 2.13. The molecule has 5 heteroatoms. The Morgan fingerprint density at radius 1 is 1.26 bits per heavy atom. The summed E-state index contributed by atoms with van der Waals surface area (Å²) in [5, 5.41) is 0.644. The maximum absolute atomic E-state index is 6.21. The largest absolute Gasteiger partial charge is 0.383 e. The molecule has 0 atom stereocenters. The number of imidazole rings is 1. The van der Waals surface area contributed by atoms with Crippen LogP contribution >= 0.6 is 27.5 Å². The molecule has 3 aromatic rings. The van der Waals surface area contributed by atoms with Gasteiger partial charge in [-0.1, -0.05) is 23.7 Å². The molecule has 3 nitrogen and oxygen atoms in total. The van der Waals surface area contributed by atoms with E-state index in [4.69, 9.17) is 17.3 Å². The minimum atomic E-state index is 0.631. The number of hydrogen-bond acceptors (Lipinski definition) is 2. The van der Waals surface area contributed by atoms with Crippen LogP contribution in [0.3, 0.4) is 0 Å². The van der Waals surface area contributed by atoms with Crippen LogP contribution in [0, 0.1) is 6.92 Å². The number of fused-ring (bicyclic) bond motifs is 1. The van der Waals surface area contributed by atoms with Gasteiger partial charge in [-0.05, 0) is 47.1 Å². The van der Waals surface area contributed by atoms with Gasteiger partial charge in [-0.25, -0.2) is 4.98 Å². The number of benzene rings is 1. The average molecular weight is 337 g/mol. The highest BCUT2D eigenvalue weighted by Crippen LogP contribution is 2.32. The lowest BCUT2D eigenvalue weighted by molar-refractivity contribution is 1.10. The minimum absolute atomic E-state index is 0.631. The van der Waals surface area contributed by atoms with Crippen LogP contribution in [0.15, 0.2) is 40.9 Å². The van der Waals surface area contributed by atoms with Crippen LogP contribution in [-0.2, 0) is 0 Å². The van der Waals surface area contributed by atoms with E-state index in [1.807, 2.05) is 47.7 Å². The van der Waals surface area contributed by atoms with Gasteiger partial charge in [-0.2, -0.15) is 0 Å². The van der Waals surface area contributed by atoms with Gasteiger partial charge in [0.1, 0.15) is 17.2 Å². The molecule has 0 fully saturated rings. The third-order valence-electron chi connectivity index (χ3n) is 3.07. The molecule has 2 aromatic heterocycles. The molecule has 0 saturated heterocycles. The van der Waals surface area contributed by atoms with Crippen LogP contribution < -0.4 is 5.73 Å². The van der Waals surface area contributed by atoms with Gasteiger partial charge in [-0.3, -0.25) is 4.40 Å². The van der Waals surface area contributed by atoms with Crippen molar-refractivity contribution in [2.75, 3.05) is 5.73 Å². The summed E-state index contributed by atoms with van der Waals surface area (Å²) < 4.78 is 2.79. The van der Waals surface area contributed by atoms with Crippen LogP contribution in [0.25, 0.3) is 16.9 Å². The van der Waals surface area contributed by atoms with E-state index >= 15 is 0 Å². The van der Waals surface area contributed by atoms with Gasteiger partial charge in [0.2, 0.25) is 0 Å². The van der Waals surface area contributed by atoms with Crippen molar-refractivity contribution in [2.24, 2.45) is 0 Å². The normalized spacial score (nSPS) is 11.1. The average Bonchev–Trinajstić information content (AvgIpc) is 2.72. The molecule has 0 spiro atoms. The monoisotopic (exact) mass is 335 g/mol. The lowest BCUT2D eigenvalue weighted by Crippen LogP contribution is -1.97. The molecule has 0 bridgehead atoms. The third-order valence-corrected chi connectivity index (χ3v) is 4.30. The molecular formula is C14H11BrClN3. The van der Waals surface area contributed by atoms with Crippen molar-refractivity contribution in [1.82, 2.24) is 9.38 Å². The molecule has 0 radical (unpaired) electrons. The van der Waals surface area contributed by atoms with Crippen LogP contribution in [0.5, 0.6) is 0 Å². The lowest BCUT2D eigenvalue weighted by Gasteiger charge is -2.03. The topological polar surface area (TPSA) is 43.3 Å². The first-order valence-corrected chi connectivity index (χ1v) is 6.94. The number of anilines is 1. The Bertz CT molecular complexity index is 780. The maximum Gasteiger partial charge on any atom is 0.139 e. The van der Waals surface area contributed by atoms with E-state index in [1.54, 1.807) is 0 Å². The Kier molecular flexibility index (Phi) is 2.99. The number of nitrogens with zero attached hydrogens (tertiary/aromatic N) is 2. The number of nitrogen functional groups attached to an aromatic ring is 1. The van der Waals surface area contributed by atoms with Crippen molar-refractivity contribution in [3.63, 3.8) is 0 Å². The second kappa shape index (κ2) is 4.54. The van der Waals surface area contributed by atoms with Crippen molar-refractivity contribution < 1.29 is 0 Å². The third kappa shape index (κ3) is 2.01. The summed E-state index contributed by atoms with van der Waals surface area (Å²) in [5.74, 6) is 0.631. The van der Waals surface area contributed by atoms with E-state index in [0.29, 0.717) is 10.8 Å². The fourth-order valence-electron chi connectivity index (χ4n) is 2.14. The van der Waals surface area contributed by atoms with Crippen molar-refractivity contribution in [3.05, 3.63) is 51.6 Å². The Morgan fingerprint density at radius 2 is 2.05 bits per heavy atom. The van der Waals surface area contributed by atoms with Crippen LogP contribution in [0.4, 0.5) is 5.82 Å². The van der Waals surface area contributed by atoms with Crippen LogP contribution in [0.1, 0.15) is 5.69 Å². The van der Waals surface area contributed by atoms with E-state index in [0.717, 1.165) is 27.1 Å². The summed E-state index contributed by atoms with van der Waals surface area (Å²) in [7, 11) is 0. The lowest BCUT2D eigenvalue weighted by atomic mass is 10.1. The maximum atomic E-state index is 6.21. The summed E-state index contributed by atoms with van der Waals surface area (Å²) >= 11 is 9.50. The van der Waals surface area contributed by atoms with E-state index < -0.39 is 0 Å². The predicted octanol–water partition coefficient (Wildman–Crippen LogP) is 4.31. The molecule has 96 valence electrons.